The van der Waals surface area contributed by atoms with Crippen LogP contribution in [0, 0.1) is 0 Å². The molecule has 18 rings (SSSR count). The first-order valence-corrected chi connectivity index (χ1v) is 27.5. The molecule has 10 heterocycles. The summed E-state index contributed by atoms with van der Waals surface area (Å²) < 4.78 is 23.5. The summed E-state index contributed by atoms with van der Waals surface area (Å²) in [5, 5.41) is 13.4. The van der Waals surface area contributed by atoms with Crippen molar-refractivity contribution < 1.29 is 8.83 Å². The molecule has 0 atom stereocenters. The van der Waals surface area contributed by atoms with E-state index in [2.05, 4.69) is 189 Å². The Labute approximate surface area is 449 Å². The maximum atomic E-state index is 7.12. The number of nitrogens with zero attached hydrogens (tertiary/aromatic N) is 6. The zero-order valence-electron chi connectivity index (χ0n) is 41.1. The number of fused-ring (bicyclic) bond motifs is 18. The van der Waals surface area contributed by atoms with Crippen LogP contribution in [0.2, 0.25) is 0 Å². The number of hydrogen-bond donors (Lipinski definition) is 0. The largest absolute Gasteiger partial charge is 0.455 e. The lowest BCUT2D eigenvalue weighted by molar-refractivity contribution is 0.666. The van der Waals surface area contributed by atoms with Crippen LogP contribution in [0.4, 0.5) is 0 Å². The van der Waals surface area contributed by atoms with Gasteiger partial charge in [-0.25, -0.2) is 0 Å². The molecule has 0 N–H and O–H groups in total. The summed E-state index contributed by atoms with van der Waals surface area (Å²) in [5.41, 5.74) is 16.2. The number of para-hydroxylation sites is 4. The van der Waals surface area contributed by atoms with E-state index < -0.39 is 0 Å². The predicted molar refractivity (Wildman–Crippen MR) is 323 cm³/mol. The Morgan fingerprint density at radius 3 is 1.55 bits per heavy atom. The average Bonchev–Trinajstić information content (AvgIpc) is 4.49. The van der Waals surface area contributed by atoms with Gasteiger partial charge in [-0.3, -0.25) is 19.9 Å². The standard InChI is InChI=1S/C68H36N6O2S2/c1-4-13-56-42(8-1)43-9-2-5-14-57(43)73(56)40-18-21-62-48(30-40)45-12-7-11-41(65(45)75-62)37-16-19-59-46(26-37)44-10-3-6-15-58(44)74(59)60-29-39(51-32-72-36-55-53-34-70-25-23-64(53)78-68(51)55)28-49-47-27-38(17-20-61(47)76-66(49)60)50-31-71-35-54-52-33-69-24-22-63(52)77-67(50)54/h1-36H. The molecule has 8 aromatic carbocycles. The summed E-state index contributed by atoms with van der Waals surface area (Å²) >= 11 is 3.56. The molecule has 0 aliphatic rings. The fraction of sp³-hybridized carbons (Fsp3) is 0. The van der Waals surface area contributed by atoms with Crippen molar-refractivity contribution in [1.29, 1.82) is 0 Å². The van der Waals surface area contributed by atoms with Crippen molar-refractivity contribution in [3.05, 3.63) is 219 Å². The normalized spacial score (nSPS) is 12.4. The van der Waals surface area contributed by atoms with Gasteiger partial charge >= 0.3 is 0 Å². The van der Waals surface area contributed by atoms with Crippen LogP contribution in [-0.4, -0.2) is 29.1 Å². The molecule has 0 saturated carbocycles. The number of furan rings is 2. The second-order valence-electron chi connectivity index (χ2n) is 20.2. The molecule has 362 valence electrons. The molecular formula is C68H36N6O2S2. The molecule has 0 amide bonds. The van der Waals surface area contributed by atoms with Gasteiger partial charge in [0.25, 0.3) is 0 Å². The molecule has 0 fully saturated rings. The predicted octanol–water partition coefficient (Wildman–Crippen LogP) is 19.0. The van der Waals surface area contributed by atoms with Gasteiger partial charge in [0.2, 0.25) is 0 Å². The average molecular weight is 1030 g/mol. The minimum absolute atomic E-state index is 0.801. The van der Waals surface area contributed by atoms with Crippen LogP contribution < -0.4 is 0 Å². The molecule has 0 unspecified atom stereocenters. The Bertz CT molecular complexity index is 5560. The van der Waals surface area contributed by atoms with Crippen molar-refractivity contribution in [1.82, 2.24) is 29.1 Å². The fourth-order valence-electron chi connectivity index (χ4n) is 12.6. The molecule has 0 saturated heterocycles. The van der Waals surface area contributed by atoms with E-state index in [0.29, 0.717) is 0 Å². The maximum Gasteiger partial charge on any atom is 0.159 e. The zero-order valence-corrected chi connectivity index (χ0v) is 42.7. The van der Waals surface area contributed by atoms with Crippen LogP contribution in [0.1, 0.15) is 0 Å². The number of benzene rings is 8. The summed E-state index contributed by atoms with van der Waals surface area (Å²) in [6, 6.07) is 61.3. The third-order valence-corrected chi connectivity index (χ3v) is 18.5. The van der Waals surface area contributed by atoms with Crippen molar-refractivity contribution in [2.45, 2.75) is 0 Å². The van der Waals surface area contributed by atoms with Crippen LogP contribution in [0.5, 0.6) is 0 Å². The van der Waals surface area contributed by atoms with E-state index in [-0.39, 0.29) is 0 Å². The Hall–Kier alpha value is -10.0. The van der Waals surface area contributed by atoms with Crippen LogP contribution in [0.15, 0.2) is 228 Å². The van der Waals surface area contributed by atoms with E-state index >= 15 is 0 Å². The quantitative estimate of drug-likeness (QED) is 0.171. The van der Waals surface area contributed by atoms with E-state index in [4.69, 9.17) is 18.8 Å². The molecule has 0 radical (unpaired) electrons. The fourth-order valence-corrected chi connectivity index (χ4v) is 14.9. The number of rotatable bonds is 5. The molecule has 18 aromatic rings. The van der Waals surface area contributed by atoms with E-state index in [1.54, 1.807) is 22.7 Å². The van der Waals surface area contributed by atoms with Crippen molar-refractivity contribution in [3.63, 3.8) is 0 Å². The number of aromatic nitrogens is 6. The van der Waals surface area contributed by atoms with E-state index in [1.807, 2.05) is 49.6 Å². The first-order valence-electron chi connectivity index (χ1n) is 25.9. The molecule has 8 nitrogen and oxygen atoms in total. The van der Waals surface area contributed by atoms with Gasteiger partial charge in [-0.1, -0.05) is 84.9 Å². The summed E-state index contributed by atoms with van der Waals surface area (Å²) in [6.07, 6.45) is 15.5. The van der Waals surface area contributed by atoms with Gasteiger partial charge in [0.15, 0.2) is 5.58 Å². The van der Waals surface area contributed by atoms with Gasteiger partial charge < -0.3 is 18.0 Å². The zero-order chi connectivity index (χ0) is 50.7. The Morgan fingerprint density at radius 1 is 0.321 bits per heavy atom. The molecule has 10 heteroatoms. The SMILES string of the molecule is c1cc(-c2ccc3c(c2)c2ccccc2n3-c2cc(-c3cncc4c3sc3ccncc34)cc3c2oc2ccc(-c4cncc5c4sc4ccncc45)cc23)c2oc3ccc(-n4c5ccccc5c5ccccc54)cc3c2c1. The Balaban J connectivity index is 0.846. The smallest absolute Gasteiger partial charge is 0.159 e. The third-order valence-electron chi connectivity index (χ3n) is 16.1. The highest BCUT2D eigenvalue weighted by Gasteiger charge is 2.24. The number of pyridine rings is 4. The number of thiophene rings is 2. The number of hydrogen-bond acceptors (Lipinski definition) is 8. The Morgan fingerprint density at radius 2 is 0.846 bits per heavy atom. The van der Waals surface area contributed by atoms with E-state index in [9.17, 15) is 0 Å². The summed E-state index contributed by atoms with van der Waals surface area (Å²) in [6.45, 7) is 0. The highest BCUT2D eigenvalue weighted by Crippen LogP contribution is 2.47. The molecule has 0 aliphatic carbocycles. The van der Waals surface area contributed by atoms with Gasteiger partial charge in [0, 0.05) is 155 Å². The molecule has 78 heavy (non-hydrogen) atoms. The first-order chi connectivity index (χ1) is 38.7. The van der Waals surface area contributed by atoms with Crippen molar-refractivity contribution in [3.8, 4) is 44.8 Å². The first kappa shape index (κ1) is 42.2. The van der Waals surface area contributed by atoms with Gasteiger partial charge in [-0.15, -0.1) is 22.7 Å². The molecule has 0 aliphatic heterocycles. The molecule has 0 bridgehead atoms. The highest BCUT2D eigenvalue weighted by atomic mass is 32.1. The van der Waals surface area contributed by atoms with Gasteiger partial charge in [0.05, 0.1) is 27.8 Å². The second kappa shape index (κ2) is 15.8. The van der Waals surface area contributed by atoms with Gasteiger partial charge in [0.1, 0.15) is 16.7 Å². The van der Waals surface area contributed by atoms with Crippen LogP contribution in [-0.2, 0) is 0 Å². The van der Waals surface area contributed by atoms with Gasteiger partial charge in [-0.05, 0) is 102 Å². The monoisotopic (exact) mass is 1030 g/mol. The minimum atomic E-state index is 0.801. The lowest BCUT2D eigenvalue weighted by Crippen LogP contribution is -1.96. The van der Waals surface area contributed by atoms with E-state index in [0.717, 1.165) is 132 Å². The van der Waals surface area contributed by atoms with Crippen LogP contribution in [0.3, 0.4) is 0 Å². The molecular weight excluding hydrogens is 997 g/mol. The van der Waals surface area contributed by atoms with Crippen molar-refractivity contribution in [2.24, 2.45) is 0 Å². The topological polar surface area (TPSA) is 87.7 Å². The summed E-state index contributed by atoms with van der Waals surface area (Å²) in [7, 11) is 0. The summed E-state index contributed by atoms with van der Waals surface area (Å²) in [5.74, 6) is 0. The Kier molecular flexibility index (Phi) is 8.55. The lowest BCUT2D eigenvalue weighted by Gasteiger charge is -2.12. The molecule has 10 aromatic heterocycles. The van der Waals surface area contributed by atoms with Crippen molar-refractivity contribution in [2.75, 3.05) is 0 Å². The van der Waals surface area contributed by atoms with Crippen LogP contribution >= 0.6 is 22.7 Å². The minimum Gasteiger partial charge on any atom is -0.455 e. The van der Waals surface area contributed by atoms with E-state index in [1.165, 1.54) is 40.6 Å². The highest BCUT2D eigenvalue weighted by molar-refractivity contribution is 7.26. The van der Waals surface area contributed by atoms with Crippen LogP contribution in [0.25, 0.3) is 173 Å². The second-order valence-corrected chi connectivity index (χ2v) is 22.3. The van der Waals surface area contributed by atoms with Gasteiger partial charge in [-0.2, -0.15) is 0 Å². The lowest BCUT2D eigenvalue weighted by atomic mass is 9.99. The van der Waals surface area contributed by atoms with Crippen molar-refractivity contribution >= 4 is 151 Å². The third kappa shape index (κ3) is 5.87. The molecule has 0 spiro atoms. The summed E-state index contributed by atoms with van der Waals surface area (Å²) in [4.78, 5) is 18.6. The maximum absolute atomic E-state index is 7.12.